The summed E-state index contributed by atoms with van der Waals surface area (Å²) >= 11 is 0. The minimum Gasteiger partial charge on any atom is -0.398 e. The van der Waals surface area contributed by atoms with Crippen LogP contribution < -0.4 is 5.73 Å². The van der Waals surface area contributed by atoms with Crippen LogP contribution in [0.2, 0.25) is 0 Å². The van der Waals surface area contributed by atoms with Crippen molar-refractivity contribution in [3.63, 3.8) is 0 Å². The van der Waals surface area contributed by atoms with Gasteiger partial charge in [0.25, 0.3) is 11.8 Å². The number of hydrogen-bond donors (Lipinski definition) is 1. The van der Waals surface area contributed by atoms with Gasteiger partial charge in [-0.15, -0.1) is 0 Å². The van der Waals surface area contributed by atoms with Crippen LogP contribution in [0, 0.1) is 0 Å². The van der Waals surface area contributed by atoms with Crippen LogP contribution in [0.4, 0.5) is 5.69 Å². The molecule has 1 aliphatic heterocycles. The third-order valence-corrected chi connectivity index (χ3v) is 5.66. The Labute approximate surface area is 158 Å². The van der Waals surface area contributed by atoms with Gasteiger partial charge in [0, 0.05) is 43.7 Å². The highest BCUT2D eigenvalue weighted by Crippen LogP contribution is 2.17. The van der Waals surface area contributed by atoms with Crippen molar-refractivity contribution < 1.29 is 18.0 Å². The summed E-state index contributed by atoms with van der Waals surface area (Å²) in [5, 5.41) is 0. The standard InChI is InChI=1S/C19H21N3O4S/c1-27(25,26)15-6-4-5-14(13-15)18(23)21-9-11-22(12-10-21)19(24)16-7-2-3-8-17(16)20/h2-8,13H,9-12,20H2,1H3. The zero-order chi connectivity index (χ0) is 19.6. The van der Waals surface area contributed by atoms with Gasteiger partial charge in [-0.25, -0.2) is 8.42 Å². The summed E-state index contributed by atoms with van der Waals surface area (Å²) in [7, 11) is -3.38. The van der Waals surface area contributed by atoms with Crippen LogP contribution in [0.1, 0.15) is 20.7 Å². The fourth-order valence-corrected chi connectivity index (χ4v) is 3.68. The van der Waals surface area contributed by atoms with Crippen molar-refractivity contribution in [1.82, 2.24) is 9.80 Å². The first-order chi connectivity index (χ1) is 12.8. The molecule has 0 saturated carbocycles. The Balaban J connectivity index is 1.68. The van der Waals surface area contributed by atoms with Crippen LogP contribution >= 0.6 is 0 Å². The number of rotatable bonds is 3. The molecule has 142 valence electrons. The topological polar surface area (TPSA) is 101 Å². The molecule has 1 heterocycles. The van der Waals surface area contributed by atoms with Gasteiger partial charge in [-0.3, -0.25) is 9.59 Å². The number of nitrogens with zero attached hydrogens (tertiary/aromatic N) is 2. The number of nitrogen functional groups attached to an aromatic ring is 1. The lowest BCUT2D eigenvalue weighted by molar-refractivity contribution is 0.0536. The Bertz CT molecular complexity index is 980. The number of carbonyl (C=O) groups is 2. The summed E-state index contributed by atoms with van der Waals surface area (Å²) < 4.78 is 23.4. The molecule has 27 heavy (non-hydrogen) atoms. The highest BCUT2D eigenvalue weighted by atomic mass is 32.2. The van der Waals surface area contributed by atoms with Gasteiger partial charge in [0.2, 0.25) is 0 Å². The maximum Gasteiger partial charge on any atom is 0.256 e. The van der Waals surface area contributed by atoms with Crippen LogP contribution in [-0.4, -0.2) is 62.5 Å². The van der Waals surface area contributed by atoms with Crippen LogP contribution in [0.3, 0.4) is 0 Å². The third-order valence-electron chi connectivity index (χ3n) is 4.55. The normalized spacial score (nSPS) is 14.9. The number of para-hydroxylation sites is 1. The number of hydrogen-bond acceptors (Lipinski definition) is 5. The van der Waals surface area contributed by atoms with Crippen LogP contribution in [-0.2, 0) is 9.84 Å². The number of sulfone groups is 1. The van der Waals surface area contributed by atoms with Gasteiger partial charge >= 0.3 is 0 Å². The molecule has 0 aromatic heterocycles. The predicted octanol–water partition coefficient (Wildman–Crippen LogP) is 1.27. The molecule has 2 amide bonds. The highest BCUT2D eigenvalue weighted by Gasteiger charge is 2.26. The van der Waals surface area contributed by atoms with E-state index in [-0.39, 0.29) is 16.7 Å². The number of carbonyl (C=O) groups excluding carboxylic acids is 2. The van der Waals surface area contributed by atoms with Crippen molar-refractivity contribution in [3.8, 4) is 0 Å². The quantitative estimate of drug-likeness (QED) is 0.800. The largest absolute Gasteiger partial charge is 0.398 e. The molecule has 0 bridgehead atoms. The minimum absolute atomic E-state index is 0.113. The molecule has 1 aliphatic rings. The van der Waals surface area contributed by atoms with Crippen molar-refractivity contribution in [2.45, 2.75) is 4.90 Å². The van der Waals surface area contributed by atoms with Crippen LogP contribution in [0.15, 0.2) is 53.4 Å². The molecule has 1 fully saturated rings. The first kappa shape index (κ1) is 18.9. The molecule has 2 aromatic rings. The smallest absolute Gasteiger partial charge is 0.256 e. The van der Waals surface area contributed by atoms with Gasteiger partial charge in [0.05, 0.1) is 10.5 Å². The lowest BCUT2D eigenvalue weighted by Crippen LogP contribution is -2.50. The molecular formula is C19H21N3O4S. The lowest BCUT2D eigenvalue weighted by atomic mass is 10.1. The van der Waals surface area contributed by atoms with Crippen LogP contribution in [0.5, 0.6) is 0 Å². The lowest BCUT2D eigenvalue weighted by Gasteiger charge is -2.35. The van der Waals surface area contributed by atoms with E-state index in [2.05, 4.69) is 0 Å². The van der Waals surface area contributed by atoms with Crippen molar-refractivity contribution in [2.75, 3.05) is 38.2 Å². The number of amides is 2. The second kappa shape index (κ2) is 7.40. The number of piperazine rings is 1. The summed E-state index contributed by atoms with van der Waals surface area (Å²) in [4.78, 5) is 28.7. The van der Waals surface area contributed by atoms with E-state index in [0.29, 0.717) is 43.0 Å². The Morgan fingerprint density at radius 3 is 2.07 bits per heavy atom. The summed E-state index contributed by atoms with van der Waals surface area (Å²) in [6.45, 7) is 1.54. The Kier molecular flexibility index (Phi) is 5.18. The molecular weight excluding hydrogens is 366 g/mol. The zero-order valence-electron chi connectivity index (χ0n) is 15.0. The number of nitrogens with two attached hydrogens (primary N) is 1. The van der Waals surface area contributed by atoms with Crippen molar-refractivity contribution in [3.05, 3.63) is 59.7 Å². The molecule has 1 saturated heterocycles. The average molecular weight is 387 g/mol. The van der Waals surface area contributed by atoms with E-state index in [9.17, 15) is 18.0 Å². The van der Waals surface area contributed by atoms with Gasteiger partial charge in [-0.2, -0.15) is 0 Å². The van der Waals surface area contributed by atoms with Gasteiger partial charge in [0.1, 0.15) is 0 Å². The molecule has 7 nitrogen and oxygen atoms in total. The van der Waals surface area contributed by atoms with E-state index < -0.39 is 9.84 Å². The summed E-state index contributed by atoms with van der Waals surface area (Å²) in [6.07, 6.45) is 1.11. The molecule has 3 rings (SSSR count). The average Bonchev–Trinajstić information content (AvgIpc) is 2.67. The van der Waals surface area contributed by atoms with Gasteiger partial charge in [0.15, 0.2) is 9.84 Å². The molecule has 0 spiro atoms. The third kappa shape index (κ3) is 4.11. The fraction of sp³-hybridized carbons (Fsp3) is 0.263. The summed E-state index contributed by atoms with van der Waals surface area (Å²) in [5.41, 5.74) is 7.08. The maximum absolute atomic E-state index is 12.7. The summed E-state index contributed by atoms with van der Waals surface area (Å²) in [6, 6.07) is 12.9. The van der Waals surface area contributed by atoms with Gasteiger partial charge in [-0.05, 0) is 30.3 Å². The Morgan fingerprint density at radius 2 is 1.48 bits per heavy atom. The SMILES string of the molecule is CS(=O)(=O)c1cccc(C(=O)N2CCN(C(=O)c3ccccc3N)CC2)c1. The van der Waals surface area contributed by atoms with Crippen molar-refractivity contribution in [2.24, 2.45) is 0 Å². The number of benzene rings is 2. The molecule has 8 heteroatoms. The van der Waals surface area contributed by atoms with Crippen molar-refractivity contribution >= 4 is 27.3 Å². The molecule has 2 N–H and O–H groups in total. The minimum atomic E-state index is -3.38. The van der Waals surface area contributed by atoms with Gasteiger partial charge < -0.3 is 15.5 Å². The second-order valence-electron chi connectivity index (χ2n) is 6.47. The fourth-order valence-electron chi connectivity index (χ4n) is 3.02. The van der Waals surface area contributed by atoms with Crippen LogP contribution in [0.25, 0.3) is 0 Å². The van der Waals surface area contributed by atoms with E-state index in [1.807, 2.05) is 0 Å². The monoisotopic (exact) mass is 387 g/mol. The van der Waals surface area contributed by atoms with E-state index in [0.717, 1.165) is 6.26 Å². The molecule has 0 unspecified atom stereocenters. The first-order valence-corrected chi connectivity index (χ1v) is 10.4. The zero-order valence-corrected chi connectivity index (χ0v) is 15.8. The molecule has 0 atom stereocenters. The first-order valence-electron chi connectivity index (χ1n) is 8.50. The van der Waals surface area contributed by atoms with Gasteiger partial charge in [-0.1, -0.05) is 18.2 Å². The van der Waals surface area contributed by atoms with E-state index >= 15 is 0 Å². The van der Waals surface area contributed by atoms with E-state index in [1.54, 1.807) is 46.2 Å². The molecule has 0 radical (unpaired) electrons. The highest BCUT2D eigenvalue weighted by molar-refractivity contribution is 7.90. The maximum atomic E-state index is 12.7. The Morgan fingerprint density at radius 1 is 0.889 bits per heavy atom. The van der Waals surface area contributed by atoms with Crippen molar-refractivity contribution in [1.29, 1.82) is 0 Å². The summed E-state index contributed by atoms with van der Waals surface area (Å²) in [5.74, 6) is -0.397. The Hall–Kier alpha value is -2.87. The molecule has 2 aromatic carbocycles. The second-order valence-corrected chi connectivity index (χ2v) is 8.49. The van der Waals surface area contributed by atoms with E-state index in [1.165, 1.54) is 12.1 Å². The molecule has 0 aliphatic carbocycles. The predicted molar refractivity (Wildman–Crippen MR) is 102 cm³/mol. The number of anilines is 1. The van der Waals surface area contributed by atoms with E-state index in [4.69, 9.17) is 5.73 Å².